The maximum absolute atomic E-state index is 8.91. The minimum Gasteiger partial charge on any atom is -0.396 e. The summed E-state index contributed by atoms with van der Waals surface area (Å²) in [4.78, 5) is 7.96. The van der Waals surface area contributed by atoms with Crippen LogP contribution in [0.15, 0.2) is 6.20 Å². The Hall–Kier alpha value is -0.910. The highest BCUT2D eigenvalue weighted by atomic mass is 35.5. The first-order valence-corrected chi connectivity index (χ1v) is 5.40. The summed E-state index contributed by atoms with van der Waals surface area (Å²) in [5.41, 5.74) is 0.906. The van der Waals surface area contributed by atoms with Gasteiger partial charge in [-0.3, -0.25) is 0 Å². The van der Waals surface area contributed by atoms with Gasteiger partial charge in [-0.15, -0.1) is 0 Å². The van der Waals surface area contributed by atoms with E-state index in [-0.39, 0.29) is 17.9 Å². The molecular formula is C10H16ClN3O2. The number of aliphatic hydroxyl groups is 1. The van der Waals surface area contributed by atoms with Crippen molar-refractivity contribution in [2.45, 2.75) is 19.4 Å². The Balaban J connectivity index is 2.71. The van der Waals surface area contributed by atoms with Crippen LogP contribution in [-0.4, -0.2) is 41.4 Å². The Morgan fingerprint density at radius 3 is 3.00 bits per heavy atom. The molecule has 0 spiro atoms. The molecule has 1 unspecified atom stereocenters. The molecule has 1 atom stereocenters. The lowest BCUT2D eigenvalue weighted by molar-refractivity contribution is 0.170. The predicted molar refractivity (Wildman–Crippen MR) is 62.8 cm³/mol. The summed E-state index contributed by atoms with van der Waals surface area (Å²) >= 11 is 5.71. The van der Waals surface area contributed by atoms with E-state index in [2.05, 4.69) is 15.3 Å². The van der Waals surface area contributed by atoms with E-state index < -0.39 is 0 Å². The summed E-state index contributed by atoms with van der Waals surface area (Å²) < 4.78 is 5.05. The number of ether oxygens (including phenoxy) is 1. The quantitative estimate of drug-likeness (QED) is 0.739. The average molecular weight is 246 g/mol. The molecule has 1 aromatic heterocycles. The topological polar surface area (TPSA) is 67.3 Å². The van der Waals surface area contributed by atoms with Gasteiger partial charge in [-0.05, 0) is 24.9 Å². The molecule has 1 aromatic rings. The molecule has 1 rings (SSSR count). The van der Waals surface area contributed by atoms with Gasteiger partial charge in [0.1, 0.15) is 5.82 Å². The van der Waals surface area contributed by atoms with E-state index in [1.165, 1.54) is 0 Å². The van der Waals surface area contributed by atoms with Crippen molar-refractivity contribution in [3.8, 4) is 0 Å². The number of methoxy groups -OCH3 is 1. The summed E-state index contributed by atoms with van der Waals surface area (Å²) in [5, 5.41) is 12.3. The summed E-state index contributed by atoms with van der Waals surface area (Å²) in [6, 6.07) is 0.0136. The van der Waals surface area contributed by atoms with Crippen LogP contribution in [0.5, 0.6) is 0 Å². The van der Waals surface area contributed by atoms with E-state index in [4.69, 9.17) is 21.4 Å². The minimum absolute atomic E-state index is 0.0136. The van der Waals surface area contributed by atoms with E-state index in [1.807, 2.05) is 6.92 Å². The summed E-state index contributed by atoms with van der Waals surface area (Å²) in [5.74, 6) is 0.676. The molecule has 0 fully saturated rings. The Morgan fingerprint density at radius 2 is 2.38 bits per heavy atom. The summed E-state index contributed by atoms with van der Waals surface area (Å²) in [7, 11) is 1.62. The van der Waals surface area contributed by atoms with Crippen LogP contribution in [0.1, 0.15) is 12.0 Å². The van der Waals surface area contributed by atoms with Crippen LogP contribution in [0.2, 0.25) is 5.28 Å². The second kappa shape index (κ2) is 6.62. The minimum atomic E-state index is 0.0136. The molecule has 6 heteroatoms. The molecule has 0 bridgehead atoms. The van der Waals surface area contributed by atoms with E-state index >= 15 is 0 Å². The molecule has 90 valence electrons. The second-order valence-corrected chi connectivity index (χ2v) is 3.82. The van der Waals surface area contributed by atoms with Gasteiger partial charge in [-0.25, -0.2) is 9.97 Å². The van der Waals surface area contributed by atoms with Gasteiger partial charge in [-0.2, -0.15) is 0 Å². The third-order valence-electron chi connectivity index (χ3n) is 2.13. The van der Waals surface area contributed by atoms with Crippen LogP contribution in [0, 0.1) is 6.92 Å². The van der Waals surface area contributed by atoms with Gasteiger partial charge in [0, 0.05) is 25.5 Å². The Bertz CT molecular complexity index is 330. The molecule has 0 aliphatic rings. The number of hydrogen-bond donors (Lipinski definition) is 2. The van der Waals surface area contributed by atoms with E-state index in [9.17, 15) is 0 Å². The van der Waals surface area contributed by atoms with Gasteiger partial charge >= 0.3 is 0 Å². The maximum atomic E-state index is 8.91. The van der Waals surface area contributed by atoms with Crippen molar-refractivity contribution in [2.24, 2.45) is 0 Å². The van der Waals surface area contributed by atoms with Gasteiger partial charge in [0.05, 0.1) is 12.6 Å². The molecule has 0 aliphatic heterocycles. The smallest absolute Gasteiger partial charge is 0.224 e. The normalized spacial score (nSPS) is 12.5. The van der Waals surface area contributed by atoms with Crippen LogP contribution < -0.4 is 5.32 Å². The van der Waals surface area contributed by atoms with Crippen molar-refractivity contribution >= 4 is 17.4 Å². The first-order chi connectivity index (χ1) is 7.67. The lowest BCUT2D eigenvalue weighted by Crippen LogP contribution is -2.27. The third-order valence-corrected chi connectivity index (χ3v) is 2.31. The molecule has 1 heterocycles. The Morgan fingerprint density at radius 1 is 1.62 bits per heavy atom. The molecule has 16 heavy (non-hydrogen) atoms. The Kier molecular flexibility index (Phi) is 5.45. The summed E-state index contributed by atoms with van der Waals surface area (Å²) in [6.07, 6.45) is 2.25. The standard InChI is InChI=1S/C10H16ClN3O2/c1-7-5-12-10(11)14-9(7)13-8(3-4-15)6-16-2/h5,8,15H,3-4,6H2,1-2H3,(H,12,13,14). The van der Waals surface area contributed by atoms with E-state index in [0.29, 0.717) is 18.8 Å². The van der Waals surface area contributed by atoms with Crippen molar-refractivity contribution in [3.63, 3.8) is 0 Å². The van der Waals surface area contributed by atoms with Crippen LogP contribution in [-0.2, 0) is 4.74 Å². The molecule has 0 saturated carbocycles. The number of rotatable bonds is 6. The van der Waals surface area contributed by atoms with Crippen molar-refractivity contribution < 1.29 is 9.84 Å². The fourth-order valence-corrected chi connectivity index (χ4v) is 1.45. The fraction of sp³-hybridized carbons (Fsp3) is 0.600. The van der Waals surface area contributed by atoms with Crippen molar-refractivity contribution in [3.05, 3.63) is 17.0 Å². The molecule has 0 aromatic carbocycles. The lowest BCUT2D eigenvalue weighted by Gasteiger charge is -2.18. The zero-order chi connectivity index (χ0) is 12.0. The highest BCUT2D eigenvalue weighted by molar-refractivity contribution is 6.28. The number of halogens is 1. The third kappa shape index (κ3) is 3.92. The summed E-state index contributed by atoms with van der Waals surface area (Å²) in [6.45, 7) is 2.49. The second-order valence-electron chi connectivity index (χ2n) is 3.48. The zero-order valence-electron chi connectivity index (χ0n) is 9.40. The van der Waals surface area contributed by atoms with Crippen molar-refractivity contribution in [2.75, 3.05) is 25.6 Å². The number of aromatic nitrogens is 2. The fourth-order valence-electron chi connectivity index (χ4n) is 1.31. The first kappa shape index (κ1) is 13.2. The highest BCUT2D eigenvalue weighted by Crippen LogP contribution is 2.14. The lowest BCUT2D eigenvalue weighted by atomic mass is 10.2. The maximum Gasteiger partial charge on any atom is 0.224 e. The molecular weight excluding hydrogens is 230 g/mol. The number of aliphatic hydroxyl groups excluding tert-OH is 1. The average Bonchev–Trinajstić information content (AvgIpc) is 2.24. The molecule has 5 nitrogen and oxygen atoms in total. The SMILES string of the molecule is COCC(CCO)Nc1nc(Cl)ncc1C. The molecule has 0 aliphatic carbocycles. The highest BCUT2D eigenvalue weighted by Gasteiger charge is 2.10. The van der Waals surface area contributed by atoms with Gasteiger partial charge in [0.15, 0.2) is 0 Å². The van der Waals surface area contributed by atoms with Crippen molar-refractivity contribution in [1.29, 1.82) is 0 Å². The molecule has 0 amide bonds. The van der Waals surface area contributed by atoms with Crippen LogP contribution in [0.25, 0.3) is 0 Å². The van der Waals surface area contributed by atoms with Gasteiger partial charge < -0.3 is 15.2 Å². The van der Waals surface area contributed by atoms with Gasteiger partial charge in [0.2, 0.25) is 5.28 Å². The monoisotopic (exact) mass is 245 g/mol. The van der Waals surface area contributed by atoms with E-state index in [0.717, 1.165) is 5.56 Å². The van der Waals surface area contributed by atoms with Crippen LogP contribution in [0.4, 0.5) is 5.82 Å². The molecule has 0 radical (unpaired) electrons. The number of nitrogens with zero attached hydrogens (tertiary/aromatic N) is 2. The van der Waals surface area contributed by atoms with Crippen LogP contribution in [0.3, 0.4) is 0 Å². The zero-order valence-corrected chi connectivity index (χ0v) is 10.2. The molecule has 0 saturated heterocycles. The largest absolute Gasteiger partial charge is 0.396 e. The Labute approximate surface area is 99.8 Å². The number of nitrogens with one attached hydrogen (secondary N) is 1. The predicted octanol–water partition coefficient (Wildman–Crippen LogP) is 1.25. The van der Waals surface area contributed by atoms with Crippen LogP contribution >= 0.6 is 11.6 Å². The van der Waals surface area contributed by atoms with Crippen molar-refractivity contribution in [1.82, 2.24) is 9.97 Å². The number of aryl methyl sites for hydroxylation is 1. The number of anilines is 1. The first-order valence-electron chi connectivity index (χ1n) is 5.02. The molecule has 2 N–H and O–H groups in total. The van der Waals surface area contributed by atoms with Gasteiger partial charge in [0.25, 0.3) is 0 Å². The van der Waals surface area contributed by atoms with E-state index in [1.54, 1.807) is 13.3 Å². The van der Waals surface area contributed by atoms with Gasteiger partial charge in [-0.1, -0.05) is 0 Å². The number of hydrogen-bond acceptors (Lipinski definition) is 5.